The standard InChI is InChI=1S/C26H27Cl2NO4/c1-3-5-22(30)26(10-4-11-26)19-14-18(9-6-15(19)2)33-24-20(27)12-17(13-21(24)28)29-25(32)23(31)16-7-8-16/h6,9,12-14,31H,3-5,7-8,10-11H2,1-2H3,(H,29,32). The van der Waals surface area contributed by atoms with E-state index in [4.69, 9.17) is 27.9 Å². The minimum atomic E-state index is -0.589. The molecule has 2 aliphatic carbocycles. The largest absolute Gasteiger partial charge is 0.503 e. The molecule has 0 bridgehead atoms. The Hall–Kier alpha value is -2.50. The number of aliphatic hydroxyl groups excluding tert-OH is 1. The molecule has 2 aromatic carbocycles. The molecule has 0 saturated heterocycles. The van der Waals surface area contributed by atoms with E-state index in [9.17, 15) is 14.7 Å². The van der Waals surface area contributed by atoms with Gasteiger partial charge in [-0.3, -0.25) is 9.59 Å². The first-order valence-corrected chi connectivity index (χ1v) is 12.0. The van der Waals surface area contributed by atoms with Crippen molar-refractivity contribution in [3.05, 3.63) is 62.8 Å². The van der Waals surface area contributed by atoms with Gasteiger partial charge < -0.3 is 15.2 Å². The summed E-state index contributed by atoms with van der Waals surface area (Å²) in [5, 5.41) is 12.9. The number of Topliss-reactive ketones (excluding diaryl/α,β-unsaturated/α-hetero) is 1. The molecule has 174 valence electrons. The van der Waals surface area contributed by atoms with Crippen molar-refractivity contribution >= 4 is 40.6 Å². The highest BCUT2D eigenvalue weighted by Gasteiger charge is 2.45. The Morgan fingerprint density at radius 2 is 1.79 bits per heavy atom. The van der Waals surface area contributed by atoms with Gasteiger partial charge in [-0.2, -0.15) is 0 Å². The molecule has 1 amide bonds. The lowest BCUT2D eigenvalue weighted by atomic mass is 9.60. The minimum absolute atomic E-state index is 0.221. The van der Waals surface area contributed by atoms with Crippen LogP contribution in [0.3, 0.4) is 0 Å². The van der Waals surface area contributed by atoms with E-state index in [1.165, 1.54) is 12.1 Å². The number of allylic oxidation sites excluding steroid dienone is 1. The number of ether oxygens (including phenoxy) is 1. The SMILES string of the molecule is CCCC(=O)C1(c2cc(Oc3c(Cl)cc(NC(=O)C(O)=C4CC4)cc3Cl)ccc2C)CCC1. The van der Waals surface area contributed by atoms with Gasteiger partial charge in [0.1, 0.15) is 11.5 Å². The van der Waals surface area contributed by atoms with E-state index in [2.05, 4.69) is 5.32 Å². The van der Waals surface area contributed by atoms with Crippen LogP contribution < -0.4 is 10.1 Å². The summed E-state index contributed by atoms with van der Waals surface area (Å²) < 4.78 is 6.05. The van der Waals surface area contributed by atoms with Crippen LogP contribution in [0.5, 0.6) is 11.5 Å². The molecule has 0 unspecified atom stereocenters. The zero-order valence-electron chi connectivity index (χ0n) is 18.8. The summed E-state index contributed by atoms with van der Waals surface area (Å²) in [4.78, 5) is 25.1. The van der Waals surface area contributed by atoms with Crippen molar-refractivity contribution in [1.29, 1.82) is 0 Å². The van der Waals surface area contributed by atoms with E-state index >= 15 is 0 Å². The summed E-state index contributed by atoms with van der Waals surface area (Å²) >= 11 is 12.8. The molecule has 0 heterocycles. The molecule has 0 radical (unpaired) electrons. The maximum absolute atomic E-state index is 13.0. The third-order valence-corrected chi connectivity index (χ3v) is 7.03. The van der Waals surface area contributed by atoms with Gasteiger partial charge in [-0.25, -0.2) is 0 Å². The molecule has 0 aliphatic heterocycles. The molecule has 2 fully saturated rings. The van der Waals surface area contributed by atoms with Crippen LogP contribution in [-0.4, -0.2) is 16.8 Å². The van der Waals surface area contributed by atoms with Crippen molar-refractivity contribution in [3.63, 3.8) is 0 Å². The van der Waals surface area contributed by atoms with Crippen molar-refractivity contribution < 1.29 is 19.4 Å². The maximum atomic E-state index is 13.0. The second-order valence-corrected chi connectivity index (χ2v) is 9.68. The topological polar surface area (TPSA) is 75.6 Å². The van der Waals surface area contributed by atoms with Crippen LogP contribution in [-0.2, 0) is 15.0 Å². The van der Waals surface area contributed by atoms with Crippen LogP contribution in [0, 0.1) is 6.92 Å². The molecule has 2 saturated carbocycles. The van der Waals surface area contributed by atoms with Crippen molar-refractivity contribution in [2.75, 3.05) is 5.32 Å². The zero-order valence-corrected chi connectivity index (χ0v) is 20.3. The molecule has 5 nitrogen and oxygen atoms in total. The number of hydrogen-bond acceptors (Lipinski definition) is 4. The number of rotatable bonds is 8. The lowest BCUT2D eigenvalue weighted by Crippen LogP contribution is -2.42. The molecule has 4 rings (SSSR count). The van der Waals surface area contributed by atoms with Crippen LogP contribution in [0.4, 0.5) is 5.69 Å². The number of halogens is 2. The number of ketones is 1. The average Bonchev–Trinajstić information content (AvgIpc) is 3.57. The first-order valence-electron chi connectivity index (χ1n) is 11.3. The number of carbonyl (C=O) groups is 2. The summed E-state index contributed by atoms with van der Waals surface area (Å²) in [5.41, 5.74) is 2.73. The van der Waals surface area contributed by atoms with Crippen LogP contribution in [0.25, 0.3) is 0 Å². The molecule has 0 atom stereocenters. The number of aryl methyl sites for hydroxylation is 1. The summed E-state index contributed by atoms with van der Waals surface area (Å²) in [7, 11) is 0. The summed E-state index contributed by atoms with van der Waals surface area (Å²) in [6.45, 7) is 4.04. The van der Waals surface area contributed by atoms with Crippen molar-refractivity contribution in [1.82, 2.24) is 0 Å². The van der Waals surface area contributed by atoms with Gasteiger partial charge in [0.05, 0.1) is 15.5 Å². The zero-order chi connectivity index (χ0) is 23.8. The first kappa shape index (κ1) is 23.7. The van der Waals surface area contributed by atoms with Gasteiger partial charge in [0.2, 0.25) is 0 Å². The average molecular weight is 488 g/mol. The number of nitrogens with one attached hydrogen (secondary N) is 1. The van der Waals surface area contributed by atoms with E-state index < -0.39 is 11.3 Å². The van der Waals surface area contributed by atoms with Gasteiger partial charge in [-0.05, 0) is 80.0 Å². The number of aliphatic hydroxyl groups is 1. The second-order valence-electron chi connectivity index (χ2n) is 8.86. The van der Waals surface area contributed by atoms with E-state index in [0.29, 0.717) is 17.9 Å². The Kier molecular flexibility index (Phi) is 6.73. The smallest absolute Gasteiger partial charge is 0.290 e. The molecule has 0 spiro atoms. The van der Waals surface area contributed by atoms with Gasteiger partial charge in [-0.1, -0.05) is 42.6 Å². The highest BCUT2D eigenvalue weighted by Crippen LogP contribution is 2.48. The van der Waals surface area contributed by atoms with Gasteiger partial charge in [0.25, 0.3) is 5.91 Å². The van der Waals surface area contributed by atoms with Gasteiger partial charge in [0.15, 0.2) is 11.5 Å². The van der Waals surface area contributed by atoms with Crippen molar-refractivity contribution in [3.8, 4) is 11.5 Å². The molecule has 33 heavy (non-hydrogen) atoms. The Balaban J connectivity index is 1.58. The summed E-state index contributed by atoms with van der Waals surface area (Å²) in [5.74, 6) is 0.254. The molecule has 7 heteroatoms. The number of amides is 1. The van der Waals surface area contributed by atoms with E-state index in [0.717, 1.165) is 55.2 Å². The van der Waals surface area contributed by atoms with Crippen LogP contribution in [0.1, 0.15) is 63.0 Å². The predicted octanol–water partition coefficient (Wildman–Crippen LogP) is 7.43. The van der Waals surface area contributed by atoms with Gasteiger partial charge in [0, 0.05) is 12.1 Å². The summed E-state index contributed by atoms with van der Waals surface area (Å²) in [6, 6.07) is 8.76. The van der Waals surface area contributed by atoms with Crippen LogP contribution in [0.2, 0.25) is 10.0 Å². The highest BCUT2D eigenvalue weighted by molar-refractivity contribution is 6.37. The molecular formula is C26H27Cl2NO4. The van der Waals surface area contributed by atoms with E-state index in [1.54, 1.807) is 0 Å². The number of anilines is 1. The van der Waals surface area contributed by atoms with E-state index in [1.807, 2.05) is 32.0 Å². The fourth-order valence-corrected chi connectivity index (χ4v) is 4.94. The molecule has 0 aromatic heterocycles. The van der Waals surface area contributed by atoms with Gasteiger partial charge >= 0.3 is 0 Å². The quantitative estimate of drug-likeness (QED) is 0.299. The Morgan fingerprint density at radius 3 is 2.33 bits per heavy atom. The highest BCUT2D eigenvalue weighted by atomic mass is 35.5. The normalized spacial score (nSPS) is 16.1. The third-order valence-electron chi connectivity index (χ3n) is 6.47. The molecule has 2 aromatic rings. The monoisotopic (exact) mass is 487 g/mol. The number of hydrogen-bond donors (Lipinski definition) is 2. The number of benzene rings is 2. The second kappa shape index (κ2) is 9.40. The van der Waals surface area contributed by atoms with Crippen LogP contribution in [0.15, 0.2) is 41.7 Å². The first-order chi connectivity index (χ1) is 15.7. The van der Waals surface area contributed by atoms with E-state index in [-0.39, 0.29) is 27.3 Å². The molecule has 2 N–H and O–H groups in total. The fraction of sp³-hybridized carbons (Fsp3) is 0.385. The summed E-state index contributed by atoms with van der Waals surface area (Å²) in [6.07, 6.45) is 5.62. The lowest BCUT2D eigenvalue weighted by Gasteiger charge is -2.42. The Morgan fingerprint density at radius 1 is 1.12 bits per heavy atom. The van der Waals surface area contributed by atoms with Gasteiger partial charge in [-0.15, -0.1) is 0 Å². The fourth-order valence-electron chi connectivity index (χ4n) is 4.37. The maximum Gasteiger partial charge on any atom is 0.290 e. The number of carbonyl (C=O) groups excluding carboxylic acids is 2. The predicted molar refractivity (Wildman–Crippen MR) is 131 cm³/mol. The Labute approximate surface area is 203 Å². The lowest BCUT2D eigenvalue weighted by molar-refractivity contribution is -0.127. The Bertz CT molecular complexity index is 1120. The van der Waals surface area contributed by atoms with Crippen molar-refractivity contribution in [2.45, 2.75) is 64.2 Å². The molecular weight excluding hydrogens is 461 g/mol. The minimum Gasteiger partial charge on any atom is -0.503 e. The third kappa shape index (κ3) is 4.75. The molecule has 2 aliphatic rings. The van der Waals surface area contributed by atoms with Crippen molar-refractivity contribution in [2.24, 2.45) is 0 Å². The van der Waals surface area contributed by atoms with Crippen LogP contribution >= 0.6 is 23.2 Å².